The summed E-state index contributed by atoms with van der Waals surface area (Å²) in [5.74, 6) is 0. The number of aromatic nitrogens is 1. The van der Waals surface area contributed by atoms with Crippen molar-refractivity contribution in [2.45, 2.75) is 20.8 Å². The van der Waals surface area contributed by atoms with E-state index in [-0.39, 0.29) is 0 Å². The number of benzene rings is 1. The fourth-order valence-corrected chi connectivity index (χ4v) is 2.32. The number of hydrogen-bond donors (Lipinski definition) is 1. The Hall–Kier alpha value is -2.29. The average Bonchev–Trinajstić information content (AvgIpc) is 2.73. The van der Waals surface area contributed by atoms with Crippen LogP contribution in [0.1, 0.15) is 16.8 Å². The predicted molar refractivity (Wildman–Crippen MR) is 78.1 cm³/mol. The summed E-state index contributed by atoms with van der Waals surface area (Å²) in [6.07, 6.45) is 1.56. The van der Waals surface area contributed by atoms with Crippen molar-refractivity contribution in [1.82, 2.24) is 4.98 Å². The van der Waals surface area contributed by atoms with E-state index in [4.69, 9.17) is 10.2 Å². The molecule has 1 aromatic carbocycles. The first-order valence-corrected chi connectivity index (χ1v) is 6.28. The molecule has 3 aromatic rings. The van der Waals surface area contributed by atoms with E-state index in [1.165, 1.54) is 11.1 Å². The molecule has 2 N–H and O–H groups in total. The van der Waals surface area contributed by atoms with E-state index in [1.54, 1.807) is 6.26 Å². The van der Waals surface area contributed by atoms with Crippen LogP contribution in [-0.2, 0) is 0 Å². The predicted octanol–water partition coefficient (Wildman–Crippen LogP) is 4.00. The summed E-state index contributed by atoms with van der Waals surface area (Å²) in [5, 5.41) is 0.897. The lowest BCUT2D eigenvalue weighted by atomic mass is 9.98. The largest absolute Gasteiger partial charge is 0.444 e. The van der Waals surface area contributed by atoms with Crippen LogP contribution in [0.25, 0.3) is 22.2 Å². The van der Waals surface area contributed by atoms with Crippen molar-refractivity contribution in [2.24, 2.45) is 0 Å². The van der Waals surface area contributed by atoms with Crippen molar-refractivity contribution in [1.29, 1.82) is 0 Å². The van der Waals surface area contributed by atoms with Gasteiger partial charge in [-0.1, -0.05) is 18.2 Å². The number of nitrogen functional groups attached to an aromatic ring is 1. The van der Waals surface area contributed by atoms with Crippen LogP contribution in [0.5, 0.6) is 0 Å². The third kappa shape index (κ3) is 1.87. The maximum Gasteiger partial charge on any atom is 0.228 e. The quantitative estimate of drug-likeness (QED) is 0.712. The lowest BCUT2D eigenvalue weighted by Gasteiger charge is -2.08. The van der Waals surface area contributed by atoms with Gasteiger partial charge < -0.3 is 10.2 Å². The highest BCUT2D eigenvalue weighted by atomic mass is 16.3. The number of hydrogen-bond acceptors (Lipinski definition) is 3. The number of fused-ring (bicyclic) bond motifs is 1. The van der Waals surface area contributed by atoms with Gasteiger partial charge in [0.05, 0.1) is 11.1 Å². The number of pyridine rings is 1. The van der Waals surface area contributed by atoms with Crippen molar-refractivity contribution in [3.8, 4) is 11.1 Å². The van der Waals surface area contributed by atoms with Crippen molar-refractivity contribution in [2.75, 3.05) is 5.73 Å². The molecule has 0 unspecified atom stereocenters. The highest BCUT2D eigenvalue weighted by Gasteiger charge is 2.13. The minimum atomic E-state index is 0.603. The van der Waals surface area contributed by atoms with Gasteiger partial charge in [0.2, 0.25) is 5.71 Å². The zero-order valence-electron chi connectivity index (χ0n) is 11.3. The molecule has 2 heterocycles. The van der Waals surface area contributed by atoms with Crippen LogP contribution in [0.15, 0.2) is 34.9 Å². The molecule has 96 valence electrons. The number of nitrogens with two attached hydrogens (primary N) is 1. The van der Waals surface area contributed by atoms with Gasteiger partial charge in [0.1, 0.15) is 6.26 Å². The van der Waals surface area contributed by atoms with Crippen molar-refractivity contribution in [3.63, 3.8) is 0 Å². The summed E-state index contributed by atoms with van der Waals surface area (Å²) in [6.45, 7) is 6.18. The van der Waals surface area contributed by atoms with Crippen LogP contribution >= 0.6 is 0 Å². The lowest BCUT2D eigenvalue weighted by Crippen LogP contribution is -1.90. The molecule has 3 rings (SSSR count). The van der Waals surface area contributed by atoms with E-state index in [0.717, 1.165) is 22.2 Å². The summed E-state index contributed by atoms with van der Waals surface area (Å²) in [7, 11) is 0. The minimum Gasteiger partial charge on any atom is -0.444 e. The van der Waals surface area contributed by atoms with Gasteiger partial charge in [-0.3, -0.25) is 0 Å². The molecular weight excluding hydrogens is 236 g/mol. The highest BCUT2D eigenvalue weighted by molar-refractivity contribution is 6.00. The molecule has 0 atom stereocenters. The molecular formula is C16H16N2O. The molecule has 0 bridgehead atoms. The Morgan fingerprint density at radius 2 is 1.84 bits per heavy atom. The standard InChI is InChI=1S/C16H16N2O/c1-9-4-5-12(6-10(9)2)13-7-11(3)18-16-15(13)14(17)8-19-16/h4-8H,17H2,1-3H3. The molecule has 2 aromatic heterocycles. The first-order valence-electron chi connectivity index (χ1n) is 6.28. The molecule has 0 fully saturated rings. The van der Waals surface area contributed by atoms with E-state index in [9.17, 15) is 0 Å². The maximum atomic E-state index is 6.00. The summed E-state index contributed by atoms with van der Waals surface area (Å²) in [4.78, 5) is 4.38. The summed E-state index contributed by atoms with van der Waals surface area (Å²) < 4.78 is 5.41. The number of furan rings is 1. The number of nitrogens with zero attached hydrogens (tertiary/aromatic N) is 1. The van der Waals surface area contributed by atoms with Crippen LogP contribution in [0.4, 0.5) is 5.69 Å². The Balaban J connectivity index is 2.34. The highest BCUT2D eigenvalue weighted by Crippen LogP contribution is 2.34. The van der Waals surface area contributed by atoms with Crippen molar-refractivity contribution >= 4 is 16.8 Å². The smallest absolute Gasteiger partial charge is 0.228 e. The second kappa shape index (κ2) is 4.12. The number of aryl methyl sites for hydroxylation is 3. The number of rotatable bonds is 1. The maximum absolute atomic E-state index is 6.00. The lowest BCUT2D eigenvalue weighted by molar-refractivity contribution is 0.603. The third-order valence-electron chi connectivity index (χ3n) is 3.52. The van der Waals surface area contributed by atoms with Gasteiger partial charge in [-0.25, -0.2) is 4.98 Å². The monoisotopic (exact) mass is 252 g/mol. The third-order valence-corrected chi connectivity index (χ3v) is 3.52. The number of anilines is 1. The normalized spacial score (nSPS) is 11.1. The molecule has 3 heteroatoms. The van der Waals surface area contributed by atoms with Crippen LogP contribution in [0, 0.1) is 20.8 Å². The molecule has 0 saturated carbocycles. The second-order valence-electron chi connectivity index (χ2n) is 4.98. The fourth-order valence-electron chi connectivity index (χ4n) is 2.32. The van der Waals surface area contributed by atoms with E-state index in [1.807, 2.05) is 6.92 Å². The molecule has 0 spiro atoms. The Kier molecular flexibility index (Phi) is 2.56. The Morgan fingerprint density at radius 3 is 2.58 bits per heavy atom. The van der Waals surface area contributed by atoms with Crippen molar-refractivity contribution < 1.29 is 4.42 Å². The van der Waals surface area contributed by atoms with Gasteiger partial charge in [0, 0.05) is 5.69 Å². The summed E-state index contributed by atoms with van der Waals surface area (Å²) in [5.41, 5.74) is 12.9. The zero-order chi connectivity index (χ0) is 13.6. The van der Waals surface area contributed by atoms with Crippen LogP contribution < -0.4 is 5.73 Å². The second-order valence-corrected chi connectivity index (χ2v) is 4.98. The molecule has 0 radical (unpaired) electrons. The van der Waals surface area contributed by atoms with Gasteiger partial charge in [-0.2, -0.15) is 0 Å². The molecule has 3 nitrogen and oxygen atoms in total. The van der Waals surface area contributed by atoms with Gasteiger partial charge in [0.15, 0.2) is 0 Å². The van der Waals surface area contributed by atoms with Gasteiger partial charge >= 0.3 is 0 Å². The molecule has 0 saturated heterocycles. The first kappa shape index (κ1) is 11.8. The molecule has 0 aliphatic heterocycles. The van der Waals surface area contributed by atoms with Crippen LogP contribution in [0.2, 0.25) is 0 Å². The fraction of sp³-hybridized carbons (Fsp3) is 0.188. The summed E-state index contributed by atoms with van der Waals surface area (Å²) >= 11 is 0. The van der Waals surface area contributed by atoms with Gasteiger partial charge in [-0.05, 0) is 49.1 Å². The van der Waals surface area contributed by atoms with E-state index in [2.05, 4.69) is 43.1 Å². The molecule has 0 amide bonds. The Morgan fingerprint density at radius 1 is 1.05 bits per heavy atom. The van der Waals surface area contributed by atoms with E-state index >= 15 is 0 Å². The zero-order valence-corrected chi connectivity index (χ0v) is 11.3. The Bertz CT molecular complexity index is 772. The molecule has 19 heavy (non-hydrogen) atoms. The topological polar surface area (TPSA) is 52.0 Å². The molecule has 0 aliphatic rings. The summed E-state index contributed by atoms with van der Waals surface area (Å²) in [6, 6.07) is 8.47. The van der Waals surface area contributed by atoms with Crippen LogP contribution in [0.3, 0.4) is 0 Å². The minimum absolute atomic E-state index is 0.603. The SMILES string of the molecule is Cc1cc(-c2ccc(C)c(C)c2)c2c(N)coc2n1. The van der Waals surface area contributed by atoms with Crippen LogP contribution in [-0.4, -0.2) is 4.98 Å². The molecule has 0 aliphatic carbocycles. The van der Waals surface area contributed by atoms with Gasteiger partial charge in [0.25, 0.3) is 0 Å². The van der Waals surface area contributed by atoms with E-state index in [0.29, 0.717) is 11.4 Å². The first-order chi connectivity index (χ1) is 9.06. The average molecular weight is 252 g/mol. The Labute approximate surface area is 112 Å². The van der Waals surface area contributed by atoms with Crippen molar-refractivity contribution in [3.05, 3.63) is 47.3 Å². The van der Waals surface area contributed by atoms with Gasteiger partial charge in [-0.15, -0.1) is 0 Å². The van der Waals surface area contributed by atoms with E-state index < -0.39 is 0 Å².